The molecule has 38 heavy (non-hydrogen) atoms. The quantitative estimate of drug-likeness (QED) is 0.264. The van der Waals surface area contributed by atoms with E-state index in [0.717, 1.165) is 27.6 Å². The minimum absolute atomic E-state index is 0.335. The maximum Gasteiger partial charge on any atom is 0.248 e. The molecule has 5 aromatic rings. The summed E-state index contributed by atoms with van der Waals surface area (Å²) in [7, 11) is 3.24. The Morgan fingerprint density at radius 3 is 2.11 bits per heavy atom. The first-order valence-electron chi connectivity index (χ1n) is 11.5. The number of nitriles is 1. The van der Waals surface area contributed by atoms with Crippen LogP contribution in [0.5, 0.6) is 11.5 Å². The van der Waals surface area contributed by atoms with Gasteiger partial charge in [0, 0.05) is 22.9 Å². The van der Waals surface area contributed by atoms with Crippen LogP contribution in [0.1, 0.15) is 11.3 Å². The largest absolute Gasteiger partial charge is 0.497 e. The molecular formula is C29H21N5O3S. The summed E-state index contributed by atoms with van der Waals surface area (Å²) in [6.45, 7) is 0. The van der Waals surface area contributed by atoms with Crippen LogP contribution in [-0.2, 0) is 4.79 Å². The van der Waals surface area contributed by atoms with E-state index in [9.17, 15) is 4.79 Å². The zero-order valence-electron chi connectivity index (χ0n) is 20.5. The smallest absolute Gasteiger partial charge is 0.248 e. The molecular weight excluding hydrogens is 498 g/mol. The standard InChI is InChI=1S/C29H21N5O3S/c1-36-22-11-5-19(6-12-22)27-32-24(15-16-25(35)31-21-9-3-18(17-30)4-10-21)26-29(34-27)38-28(33-26)20-7-13-23(37-2)14-8-20/h3-16H,1-2H3,(H,31,35)/b16-15+. The molecule has 0 fully saturated rings. The summed E-state index contributed by atoms with van der Waals surface area (Å²) in [6.07, 6.45) is 3.04. The SMILES string of the molecule is COc1ccc(-c2nc(/C=C/C(=O)Nc3ccc(C#N)cc3)c3nc(-c4ccc(OC)cc4)sc3n2)cc1. The molecule has 2 aromatic heterocycles. The van der Waals surface area contributed by atoms with E-state index in [4.69, 9.17) is 29.7 Å². The van der Waals surface area contributed by atoms with Gasteiger partial charge in [-0.25, -0.2) is 15.0 Å². The molecule has 9 heteroatoms. The van der Waals surface area contributed by atoms with Crippen LogP contribution in [0.3, 0.4) is 0 Å². The Morgan fingerprint density at radius 2 is 1.50 bits per heavy atom. The Labute approximate surface area is 222 Å². The fourth-order valence-electron chi connectivity index (χ4n) is 3.65. The van der Waals surface area contributed by atoms with Crippen molar-refractivity contribution in [3.8, 4) is 39.5 Å². The number of anilines is 1. The van der Waals surface area contributed by atoms with Gasteiger partial charge in [0.15, 0.2) is 5.82 Å². The number of thiazole rings is 1. The second-order valence-corrected chi connectivity index (χ2v) is 9.05. The predicted molar refractivity (Wildman–Crippen MR) is 148 cm³/mol. The van der Waals surface area contributed by atoms with Gasteiger partial charge in [0.2, 0.25) is 5.91 Å². The highest BCUT2D eigenvalue weighted by Crippen LogP contribution is 2.33. The van der Waals surface area contributed by atoms with Crippen LogP contribution in [0.15, 0.2) is 78.9 Å². The number of ether oxygens (including phenoxy) is 2. The zero-order chi connectivity index (χ0) is 26.5. The second-order valence-electron chi connectivity index (χ2n) is 8.07. The first-order valence-corrected chi connectivity index (χ1v) is 12.3. The van der Waals surface area contributed by atoms with Crippen molar-refractivity contribution in [3.05, 3.63) is 90.1 Å². The Kier molecular flexibility index (Phi) is 7.06. The van der Waals surface area contributed by atoms with Crippen molar-refractivity contribution in [1.82, 2.24) is 15.0 Å². The summed E-state index contributed by atoms with van der Waals surface area (Å²) in [5.41, 5.74) is 3.95. The summed E-state index contributed by atoms with van der Waals surface area (Å²) in [4.78, 5) is 27.6. The lowest BCUT2D eigenvalue weighted by molar-refractivity contribution is -0.111. The third kappa shape index (κ3) is 5.36. The van der Waals surface area contributed by atoms with Crippen molar-refractivity contribution in [2.75, 3.05) is 19.5 Å². The third-order valence-electron chi connectivity index (χ3n) is 5.64. The first-order chi connectivity index (χ1) is 18.6. The second kappa shape index (κ2) is 10.9. The molecule has 1 amide bonds. The van der Waals surface area contributed by atoms with Crippen LogP contribution in [-0.4, -0.2) is 35.1 Å². The van der Waals surface area contributed by atoms with E-state index in [1.165, 1.54) is 17.4 Å². The number of hydrogen-bond donors (Lipinski definition) is 1. The highest BCUT2D eigenvalue weighted by molar-refractivity contribution is 7.21. The van der Waals surface area contributed by atoms with Gasteiger partial charge in [-0.15, -0.1) is 0 Å². The van der Waals surface area contributed by atoms with Gasteiger partial charge in [0.05, 0.1) is 31.5 Å². The zero-order valence-corrected chi connectivity index (χ0v) is 21.3. The highest BCUT2D eigenvalue weighted by Gasteiger charge is 2.15. The van der Waals surface area contributed by atoms with Crippen molar-refractivity contribution in [3.63, 3.8) is 0 Å². The number of methoxy groups -OCH3 is 2. The van der Waals surface area contributed by atoms with Gasteiger partial charge in [0.1, 0.15) is 26.9 Å². The number of benzene rings is 3. The molecule has 0 spiro atoms. The predicted octanol–water partition coefficient (Wildman–Crippen LogP) is 5.96. The fraction of sp³-hybridized carbons (Fsp3) is 0.0690. The summed E-state index contributed by atoms with van der Waals surface area (Å²) in [6, 6.07) is 23.8. The summed E-state index contributed by atoms with van der Waals surface area (Å²) < 4.78 is 10.5. The van der Waals surface area contributed by atoms with Crippen LogP contribution in [0.25, 0.3) is 38.4 Å². The van der Waals surface area contributed by atoms with Gasteiger partial charge in [-0.3, -0.25) is 4.79 Å². The third-order valence-corrected chi connectivity index (χ3v) is 6.64. The van der Waals surface area contributed by atoms with Crippen molar-refractivity contribution >= 4 is 39.4 Å². The van der Waals surface area contributed by atoms with Crippen LogP contribution >= 0.6 is 11.3 Å². The number of nitrogens with zero attached hydrogens (tertiary/aromatic N) is 4. The monoisotopic (exact) mass is 519 g/mol. The van der Waals surface area contributed by atoms with E-state index in [-0.39, 0.29) is 5.91 Å². The lowest BCUT2D eigenvalue weighted by atomic mass is 10.2. The van der Waals surface area contributed by atoms with E-state index >= 15 is 0 Å². The number of amides is 1. The molecule has 5 rings (SSSR count). The molecule has 0 bridgehead atoms. The number of carbonyl (C=O) groups excluding carboxylic acids is 1. The van der Waals surface area contributed by atoms with Gasteiger partial charge in [0.25, 0.3) is 0 Å². The topological polar surface area (TPSA) is 110 Å². The minimum atomic E-state index is -0.335. The molecule has 186 valence electrons. The molecule has 3 aromatic carbocycles. The summed E-state index contributed by atoms with van der Waals surface area (Å²) in [5, 5.41) is 12.5. The van der Waals surface area contributed by atoms with Crippen LogP contribution < -0.4 is 14.8 Å². The lowest BCUT2D eigenvalue weighted by Gasteiger charge is -2.05. The van der Waals surface area contributed by atoms with Crippen molar-refractivity contribution in [1.29, 1.82) is 5.26 Å². The van der Waals surface area contributed by atoms with Gasteiger partial charge in [-0.1, -0.05) is 11.3 Å². The molecule has 0 radical (unpaired) electrons. The van der Waals surface area contributed by atoms with Gasteiger partial charge in [-0.05, 0) is 78.9 Å². The molecule has 0 atom stereocenters. The maximum absolute atomic E-state index is 12.6. The number of rotatable bonds is 7. The average molecular weight is 520 g/mol. The number of nitrogens with one attached hydrogen (secondary N) is 1. The van der Waals surface area contributed by atoms with E-state index < -0.39 is 0 Å². The van der Waals surface area contributed by atoms with Crippen molar-refractivity contribution in [2.24, 2.45) is 0 Å². The van der Waals surface area contributed by atoms with Gasteiger partial charge < -0.3 is 14.8 Å². The Morgan fingerprint density at radius 1 is 0.868 bits per heavy atom. The Hall–Kier alpha value is -5.07. The van der Waals surface area contributed by atoms with E-state index in [2.05, 4.69) is 11.4 Å². The Bertz CT molecular complexity index is 1670. The average Bonchev–Trinajstić information content (AvgIpc) is 3.41. The van der Waals surface area contributed by atoms with E-state index in [1.807, 2.05) is 48.5 Å². The van der Waals surface area contributed by atoms with Crippen LogP contribution in [0, 0.1) is 11.3 Å². The van der Waals surface area contributed by atoms with Crippen molar-refractivity contribution < 1.29 is 14.3 Å². The lowest BCUT2D eigenvalue weighted by Crippen LogP contribution is -2.07. The van der Waals surface area contributed by atoms with E-state index in [1.54, 1.807) is 44.6 Å². The number of hydrogen-bond acceptors (Lipinski definition) is 8. The molecule has 8 nitrogen and oxygen atoms in total. The normalized spacial score (nSPS) is 10.9. The molecule has 0 unspecified atom stereocenters. The molecule has 0 aliphatic heterocycles. The van der Waals surface area contributed by atoms with Gasteiger partial charge in [-0.2, -0.15) is 5.26 Å². The van der Waals surface area contributed by atoms with Crippen LogP contribution in [0.2, 0.25) is 0 Å². The van der Waals surface area contributed by atoms with Gasteiger partial charge >= 0.3 is 0 Å². The highest BCUT2D eigenvalue weighted by atomic mass is 32.1. The van der Waals surface area contributed by atoms with Crippen LogP contribution in [0.4, 0.5) is 5.69 Å². The minimum Gasteiger partial charge on any atom is -0.497 e. The number of carbonyl (C=O) groups is 1. The number of aromatic nitrogens is 3. The summed E-state index contributed by atoms with van der Waals surface area (Å²) in [5.74, 6) is 1.66. The maximum atomic E-state index is 12.6. The number of fused-ring (bicyclic) bond motifs is 1. The first kappa shape index (κ1) is 24.6. The Balaban J connectivity index is 1.52. The summed E-state index contributed by atoms with van der Waals surface area (Å²) >= 11 is 1.45. The molecule has 0 aliphatic carbocycles. The fourth-order valence-corrected chi connectivity index (χ4v) is 4.61. The molecule has 0 aliphatic rings. The molecule has 1 N–H and O–H groups in total. The molecule has 0 saturated heterocycles. The molecule has 2 heterocycles. The molecule has 0 saturated carbocycles. The van der Waals surface area contributed by atoms with E-state index in [0.29, 0.717) is 33.1 Å². The van der Waals surface area contributed by atoms with Crippen molar-refractivity contribution in [2.45, 2.75) is 0 Å².